The minimum atomic E-state index is -0.0799. The largest absolute Gasteiger partial charge is 0.370 e. The first-order valence-electron chi connectivity index (χ1n) is 6.77. The summed E-state index contributed by atoms with van der Waals surface area (Å²) in [5, 5.41) is 0.646. The highest BCUT2D eigenvalue weighted by Gasteiger charge is 2.31. The molecule has 1 aliphatic rings. The van der Waals surface area contributed by atoms with Crippen LogP contribution in [0.15, 0.2) is 33.8 Å². The van der Waals surface area contributed by atoms with Gasteiger partial charge in [0.1, 0.15) is 0 Å². The van der Waals surface area contributed by atoms with Crippen LogP contribution in [0.4, 0.5) is 0 Å². The zero-order valence-electron chi connectivity index (χ0n) is 11.6. The van der Waals surface area contributed by atoms with Gasteiger partial charge in [0.15, 0.2) is 0 Å². The minimum Gasteiger partial charge on any atom is -0.370 e. The third-order valence-electron chi connectivity index (χ3n) is 3.74. The molecule has 0 radical (unpaired) electrons. The normalized spacial score (nSPS) is 21.4. The van der Waals surface area contributed by atoms with Gasteiger partial charge in [-0.2, -0.15) is 0 Å². The summed E-state index contributed by atoms with van der Waals surface area (Å²) in [7, 11) is 0. The fraction of sp³-hybridized carbons (Fsp3) is 0.467. The second-order valence-electron chi connectivity index (χ2n) is 5.90. The van der Waals surface area contributed by atoms with Crippen molar-refractivity contribution < 1.29 is 4.74 Å². The van der Waals surface area contributed by atoms with Crippen LogP contribution in [0.3, 0.4) is 0 Å². The van der Waals surface area contributed by atoms with E-state index in [4.69, 9.17) is 4.74 Å². The zero-order chi connectivity index (χ0) is 14.3. The van der Waals surface area contributed by atoms with Gasteiger partial charge in [-0.3, -0.25) is 9.36 Å². The third-order valence-corrected chi connectivity index (χ3v) is 4.23. The number of ether oxygens (including phenoxy) is 1. The summed E-state index contributed by atoms with van der Waals surface area (Å²) in [5.41, 5.74) is 0.632. The van der Waals surface area contributed by atoms with Crippen molar-refractivity contribution in [2.24, 2.45) is 0 Å². The average Bonchev–Trinajstić information content (AvgIpc) is 2.72. The summed E-state index contributed by atoms with van der Waals surface area (Å²) in [6.07, 6.45) is 3.72. The molecule has 0 saturated carbocycles. The molecular weight excluding hydrogens is 320 g/mol. The highest BCUT2D eigenvalue weighted by molar-refractivity contribution is 9.10. The fourth-order valence-electron chi connectivity index (χ4n) is 2.69. The van der Waals surface area contributed by atoms with Crippen molar-refractivity contribution in [2.45, 2.75) is 44.9 Å². The smallest absolute Gasteiger partial charge is 0.261 e. The van der Waals surface area contributed by atoms with Crippen LogP contribution < -0.4 is 5.56 Å². The molecule has 0 bridgehead atoms. The molecule has 1 fully saturated rings. The lowest BCUT2D eigenvalue weighted by Gasteiger charge is -2.19. The molecule has 0 amide bonds. The summed E-state index contributed by atoms with van der Waals surface area (Å²) in [5.74, 6) is 0. The zero-order valence-corrected chi connectivity index (χ0v) is 13.2. The van der Waals surface area contributed by atoms with E-state index in [0.717, 1.165) is 17.3 Å². The lowest BCUT2D eigenvalue weighted by Crippen LogP contribution is -2.28. The number of benzene rings is 1. The maximum Gasteiger partial charge on any atom is 0.261 e. The highest BCUT2D eigenvalue weighted by Crippen LogP contribution is 2.29. The van der Waals surface area contributed by atoms with Crippen LogP contribution in [-0.2, 0) is 11.3 Å². The molecule has 5 heteroatoms. The van der Waals surface area contributed by atoms with Crippen molar-refractivity contribution in [3.05, 3.63) is 39.4 Å². The molecule has 3 rings (SSSR count). The van der Waals surface area contributed by atoms with Crippen molar-refractivity contribution in [3.63, 3.8) is 0 Å². The second-order valence-corrected chi connectivity index (χ2v) is 6.82. The van der Waals surface area contributed by atoms with E-state index in [1.54, 1.807) is 10.9 Å². The summed E-state index contributed by atoms with van der Waals surface area (Å²) in [4.78, 5) is 16.8. The lowest BCUT2D eigenvalue weighted by atomic mass is 10.1. The minimum absolute atomic E-state index is 0.00388. The molecule has 2 heterocycles. The van der Waals surface area contributed by atoms with Crippen LogP contribution in [0.25, 0.3) is 10.9 Å². The molecule has 1 aliphatic heterocycles. The number of halogens is 1. The van der Waals surface area contributed by atoms with Crippen molar-refractivity contribution in [3.8, 4) is 0 Å². The maximum absolute atomic E-state index is 12.4. The maximum atomic E-state index is 12.4. The molecule has 1 aromatic carbocycles. The second kappa shape index (κ2) is 4.97. The van der Waals surface area contributed by atoms with Crippen LogP contribution in [0.2, 0.25) is 0 Å². The molecule has 0 aliphatic carbocycles. The first-order chi connectivity index (χ1) is 9.44. The van der Waals surface area contributed by atoms with Crippen LogP contribution in [0.1, 0.15) is 26.7 Å². The molecule has 1 aromatic heterocycles. The number of hydrogen-bond donors (Lipinski definition) is 0. The quantitative estimate of drug-likeness (QED) is 0.846. The van der Waals surface area contributed by atoms with Crippen molar-refractivity contribution in [1.29, 1.82) is 0 Å². The third kappa shape index (κ3) is 2.65. The highest BCUT2D eigenvalue weighted by atomic mass is 79.9. The molecule has 106 valence electrons. The van der Waals surface area contributed by atoms with Crippen LogP contribution in [0.5, 0.6) is 0 Å². The molecule has 4 nitrogen and oxygen atoms in total. The monoisotopic (exact) mass is 336 g/mol. The van der Waals surface area contributed by atoms with Gasteiger partial charge < -0.3 is 4.74 Å². The van der Waals surface area contributed by atoms with Gasteiger partial charge in [-0.15, -0.1) is 0 Å². The van der Waals surface area contributed by atoms with E-state index in [-0.39, 0.29) is 17.3 Å². The summed E-state index contributed by atoms with van der Waals surface area (Å²) < 4.78 is 8.53. The average molecular weight is 337 g/mol. The molecule has 1 unspecified atom stereocenters. The van der Waals surface area contributed by atoms with E-state index in [1.165, 1.54) is 0 Å². The number of hydrogen-bond acceptors (Lipinski definition) is 3. The van der Waals surface area contributed by atoms with Crippen molar-refractivity contribution in [2.75, 3.05) is 0 Å². The molecule has 0 spiro atoms. The first-order valence-corrected chi connectivity index (χ1v) is 7.56. The van der Waals surface area contributed by atoms with Gasteiger partial charge in [-0.1, -0.05) is 15.9 Å². The molecule has 20 heavy (non-hydrogen) atoms. The predicted octanol–water partition coefficient (Wildman–Crippen LogP) is 3.12. The van der Waals surface area contributed by atoms with Gasteiger partial charge >= 0.3 is 0 Å². The molecule has 2 aromatic rings. The summed E-state index contributed by atoms with van der Waals surface area (Å²) in [6, 6.07) is 5.53. The Balaban J connectivity index is 1.91. The molecular formula is C15H17BrN2O2. The SMILES string of the molecule is CC1(C)CCC(Cn2cnc3cc(Br)ccc3c2=O)O1. The predicted molar refractivity (Wildman–Crippen MR) is 81.9 cm³/mol. The summed E-state index contributed by atoms with van der Waals surface area (Å²) >= 11 is 3.39. The van der Waals surface area contributed by atoms with Crippen LogP contribution in [0, 0.1) is 0 Å². The van der Waals surface area contributed by atoms with Gasteiger partial charge in [0.2, 0.25) is 0 Å². The van der Waals surface area contributed by atoms with Gasteiger partial charge in [-0.05, 0) is 44.9 Å². The van der Waals surface area contributed by atoms with E-state index in [0.29, 0.717) is 17.4 Å². The van der Waals surface area contributed by atoms with Crippen LogP contribution >= 0.6 is 15.9 Å². The molecule has 1 saturated heterocycles. The Bertz CT molecular complexity index is 709. The Morgan fingerprint density at radius 3 is 3.00 bits per heavy atom. The lowest BCUT2D eigenvalue weighted by molar-refractivity contribution is -0.0221. The van der Waals surface area contributed by atoms with Gasteiger partial charge in [0, 0.05) is 4.47 Å². The van der Waals surface area contributed by atoms with E-state index in [1.807, 2.05) is 18.2 Å². The Labute approximate surface area is 125 Å². The first kappa shape index (κ1) is 13.8. The number of nitrogens with zero attached hydrogens (tertiary/aromatic N) is 2. The number of fused-ring (bicyclic) bond motifs is 1. The van der Waals surface area contributed by atoms with E-state index < -0.39 is 0 Å². The topological polar surface area (TPSA) is 44.1 Å². The summed E-state index contributed by atoms with van der Waals surface area (Å²) in [6.45, 7) is 4.75. The standard InChI is InChI=1S/C15H17BrN2O2/c1-15(2)6-5-11(20-15)8-18-9-17-13-7-10(16)3-4-12(13)14(18)19/h3-4,7,9,11H,5-6,8H2,1-2H3. The Morgan fingerprint density at radius 1 is 1.50 bits per heavy atom. The Hall–Kier alpha value is -1.20. The van der Waals surface area contributed by atoms with Crippen molar-refractivity contribution >= 4 is 26.8 Å². The van der Waals surface area contributed by atoms with Gasteiger partial charge in [0.25, 0.3) is 5.56 Å². The Kier molecular flexibility index (Phi) is 3.42. The fourth-order valence-corrected chi connectivity index (χ4v) is 3.04. The van der Waals surface area contributed by atoms with Crippen molar-refractivity contribution in [1.82, 2.24) is 9.55 Å². The van der Waals surface area contributed by atoms with E-state index in [2.05, 4.69) is 34.8 Å². The van der Waals surface area contributed by atoms with E-state index in [9.17, 15) is 4.79 Å². The van der Waals surface area contributed by atoms with Crippen LogP contribution in [-0.4, -0.2) is 21.3 Å². The number of rotatable bonds is 2. The Morgan fingerprint density at radius 2 is 2.30 bits per heavy atom. The van der Waals surface area contributed by atoms with Gasteiger partial charge in [-0.25, -0.2) is 4.98 Å². The molecule has 1 atom stereocenters. The number of aromatic nitrogens is 2. The molecule has 0 N–H and O–H groups in total. The van der Waals surface area contributed by atoms with Gasteiger partial charge in [0.05, 0.1) is 35.5 Å². The van der Waals surface area contributed by atoms with E-state index >= 15 is 0 Å².